The second kappa shape index (κ2) is 4.86. The van der Waals surface area contributed by atoms with E-state index < -0.39 is 0 Å². The van der Waals surface area contributed by atoms with Gasteiger partial charge in [-0.2, -0.15) is 0 Å². The second-order valence-corrected chi connectivity index (χ2v) is 5.76. The number of nitrogens with one attached hydrogen (secondary N) is 1. The normalized spacial score (nSPS) is 14.3. The lowest BCUT2D eigenvalue weighted by Gasteiger charge is -2.18. The molecule has 0 aromatic carbocycles. The molecule has 0 unspecified atom stereocenters. The van der Waals surface area contributed by atoms with Crippen LogP contribution in [0.1, 0.15) is 24.1 Å². The van der Waals surface area contributed by atoms with E-state index in [0.717, 1.165) is 34.4 Å². The average molecular weight is 280 g/mol. The van der Waals surface area contributed by atoms with Crippen molar-refractivity contribution in [1.82, 2.24) is 9.97 Å². The van der Waals surface area contributed by atoms with Gasteiger partial charge in [-0.3, -0.25) is 0 Å². The minimum absolute atomic E-state index is 0.752. The number of nitrogens with zero attached hydrogens (tertiary/aromatic N) is 2. The molecule has 5 heteroatoms. The van der Waals surface area contributed by atoms with E-state index in [-0.39, 0.29) is 0 Å². The van der Waals surface area contributed by atoms with Gasteiger partial charge in [0, 0.05) is 23.7 Å². The van der Waals surface area contributed by atoms with Crippen molar-refractivity contribution in [3.63, 3.8) is 0 Å². The Kier molecular flexibility index (Phi) is 3.22. The molecule has 0 bridgehead atoms. The molecular weight excluding hydrogens is 266 g/mol. The largest absolute Gasteiger partial charge is 0.373 e. The van der Waals surface area contributed by atoms with Gasteiger partial charge in [-0.05, 0) is 31.7 Å². The molecule has 2 aromatic rings. The number of hydrogen-bond donors (Lipinski definition) is 1. The van der Waals surface area contributed by atoms with Crippen molar-refractivity contribution >= 4 is 28.8 Å². The molecule has 18 heavy (non-hydrogen) atoms. The topological polar surface area (TPSA) is 37.8 Å². The lowest BCUT2D eigenvalue weighted by atomic mass is 9.96. The Balaban J connectivity index is 2.11. The number of aryl methyl sites for hydroxylation is 1. The summed E-state index contributed by atoms with van der Waals surface area (Å²) in [4.78, 5) is 10.4. The van der Waals surface area contributed by atoms with E-state index in [1.54, 1.807) is 11.3 Å². The van der Waals surface area contributed by atoms with Crippen LogP contribution in [0.4, 0.5) is 5.82 Å². The Morgan fingerprint density at radius 2 is 2.11 bits per heavy atom. The third-order valence-electron chi connectivity index (χ3n) is 3.21. The van der Waals surface area contributed by atoms with Crippen LogP contribution < -0.4 is 5.32 Å². The summed E-state index contributed by atoms with van der Waals surface area (Å²) in [5.41, 5.74) is 2.48. The number of thiophene rings is 1. The first-order valence-corrected chi connectivity index (χ1v) is 7.35. The predicted molar refractivity (Wildman–Crippen MR) is 76.5 cm³/mol. The van der Waals surface area contributed by atoms with Crippen molar-refractivity contribution in [3.8, 4) is 10.7 Å². The monoisotopic (exact) mass is 279 g/mol. The Morgan fingerprint density at radius 1 is 1.28 bits per heavy atom. The smallest absolute Gasteiger partial charge is 0.171 e. The van der Waals surface area contributed by atoms with Gasteiger partial charge in [0.2, 0.25) is 0 Å². The highest BCUT2D eigenvalue weighted by atomic mass is 35.5. The highest BCUT2D eigenvalue weighted by Crippen LogP contribution is 2.31. The van der Waals surface area contributed by atoms with Crippen molar-refractivity contribution in [2.45, 2.75) is 25.7 Å². The number of fused-ring (bicyclic) bond motifs is 1. The molecule has 0 saturated carbocycles. The maximum atomic E-state index is 5.97. The van der Waals surface area contributed by atoms with Crippen molar-refractivity contribution in [2.75, 3.05) is 12.4 Å². The zero-order valence-electron chi connectivity index (χ0n) is 10.2. The molecule has 0 radical (unpaired) electrons. The summed E-state index contributed by atoms with van der Waals surface area (Å²) in [7, 11) is 1.92. The van der Waals surface area contributed by atoms with Crippen LogP contribution in [-0.2, 0) is 12.8 Å². The van der Waals surface area contributed by atoms with Crippen molar-refractivity contribution in [2.24, 2.45) is 0 Å². The highest BCUT2D eigenvalue weighted by Gasteiger charge is 2.18. The Hall–Kier alpha value is -1.13. The highest BCUT2D eigenvalue weighted by molar-refractivity contribution is 7.14. The quantitative estimate of drug-likeness (QED) is 0.909. The van der Waals surface area contributed by atoms with Gasteiger partial charge in [0.1, 0.15) is 5.82 Å². The van der Waals surface area contributed by atoms with Crippen molar-refractivity contribution in [3.05, 3.63) is 27.7 Å². The van der Waals surface area contributed by atoms with E-state index in [4.69, 9.17) is 16.6 Å². The summed E-state index contributed by atoms with van der Waals surface area (Å²) < 4.78 is 0. The summed E-state index contributed by atoms with van der Waals surface area (Å²) in [6, 6.07) is 1.93. The zero-order chi connectivity index (χ0) is 12.5. The summed E-state index contributed by atoms with van der Waals surface area (Å²) in [5, 5.41) is 5.86. The molecule has 0 fully saturated rings. The molecule has 1 aliphatic carbocycles. The van der Waals surface area contributed by atoms with Gasteiger partial charge in [-0.1, -0.05) is 11.6 Å². The molecule has 0 amide bonds. The van der Waals surface area contributed by atoms with E-state index in [2.05, 4.69) is 10.3 Å². The predicted octanol–water partition coefficient (Wildman–Crippen LogP) is 3.78. The number of anilines is 1. The first kappa shape index (κ1) is 11.9. The summed E-state index contributed by atoms with van der Waals surface area (Å²) >= 11 is 7.55. The molecule has 94 valence electrons. The van der Waals surface area contributed by atoms with Crippen LogP contribution in [0.25, 0.3) is 10.7 Å². The molecule has 3 nitrogen and oxygen atoms in total. The van der Waals surface area contributed by atoms with Crippen LogP contribution in [0.15, 0.2) is 11.4 Å². The maximum Gasteiger partial charge on any atom is 0.171 e. The average Bonchev–Trinajstić information content (AvgIpc) is 2.84. The number of aromatic nitrogens is 2. The van der Waals surface area contributed by atoms with E-state index in [0.29, 0.717) is 0 Å². The van der Waals surface area contributed by atoms with Crippen molar-refractivity contribution < 1.29 is 0 Å². The van der Waals surface area contributed by atoms with Crippen LogP contribution in [0, 0.1) is 0 Å². The van der Waals surface area contributed by atoms with Crippen molar-refractivity contribution in [1.29, 1.82) is 0 Å². The van der Waals surface area contributed by atoms with Gasteiger partial charge in [0.05, 0.1) is 9.90 Å². The minimum atomic E-state index is 0.752. The van der Waals surface area contributed by atoms with Crippen LogP contribution in [0.5, 0.6) is 0 Å². The first-order valence-electron chi connectivity index (χ1n) is 6.10. The van der Waals surface area contributed by atoms with Crippen LogP contribution >= 0.6 is 22.9 Å². The molecular formula is C13H14ClN3S. The zero-order valence-corrected chi connectivity index (χ0v) is 11.7. The fraction of sp³-hybridized carbons (Fsp3) is 0.385. The van der Waals surface area contributed by atoms with Gasteiger partial charge in [-0.15, -0.1) is 11.3 Å². The number of halogens is 1. The number of hydrogen-bond acceptors (Lipinski definition) is 4. The molecule has 0 spiro atoms. The van der Waals surface area contributed by atoms with Crippen LogP contribution in [0.3, 0.4) is 0 Å². The minimum Gasteiger partial charge on any atom is -0.373 e. The molecule has 1 aliphatic rings. The lowest BCUT2D eigenvalue weighted by molar-refractivity contribution is 0.665. The van der Waals surface area contributed by atoms with Gasteiger partial charge in [-0.25, -0.2) is 9.97 Å². The summed E-state index contributed by atoms with van der Waals surface area (Å²) in [6.45, 7) is 0. The fourth-order valence-electron chi connectivity index (χ4n) is 2.34. The van der Waals surface area contributed by atoms with Gasteiger partial charge >= 0.3 is 0 Å². The van der Waals surface area contributed by atoms with Gasteiger partial charge in [0.25, 0.3) is 0 Å². The van der Waals surface area contributed by atoms with Gasteiger partial charge < -0.3 is 5.32 Å². The maximum absolute atomic E-state index is 5.97. The molecule has 2 aromatic heterocycles. The third-order valence-corrected chi connectivity index (χ3v) is 4.48. The summed E-state index contributed by atoms with van der Waals surface area (Å²) in [5.74, 6) is 1.76. The molecule has 0 aliphatic heterocycles. The van der Waals surface area contributed by atoms with E-state index in [9.17, 15) is 0 Å². The van der Waals surface area contributed by atoms with E-state index >= 15 is 0 Å². The molecule has 3 rings (SSSR count). The Bertz CT molecular complexity index is 562. The number of rotatable bonds is 2. The fourth-order valence-corrected chi connectivity index (χ4v) is 3.35. The lowest BCUT2D eigenvalue weighted by Crippen LogP contribution is -2.11. The molecule has 0 saturated heterocycles. The van der Waals surface area contributed by atoms with E-state index in [1.165, 1.54) is 24.1 Å². The van der Waals surface area contributed by atoms with Crippen LogP contribution in [-0.4, -0.2) is 17.0 Å². The van der Waals surface area contributed by atoms with Gasteiger partial charge in [0.15, 0.2) is 5.82 Å². The summed E-state index contributed by atoms with van der Waals surface area (Å²) in [6.07, 6.45) is 4.59. The SMILES string of the molecule is CNc1nc(-c2cc(Cl)cs2)nc2c1CCCC2. The molecule has 2 heterocycles. The molecule has 0 atom stereocenters. The third kappa shape index (κ3) is 2.10. The first-order chi connectivity index (χ1) is 8.78. The molecule has 1 N–H and O–H groups in total. The second-order valence-electron chi connectivity index (χ2n) is 4.41. The Morgan fingerprint density at radius 3 is 2.83 bits per heavy atom. The van der Waals surface area contributed by atoms with Crippen LogP contribution in [0.2, 0.25) is 5.02 Å². The van der Waals surface area contributed by atoms with E-state index in [1.807, 2.05) is 18.5 Å². The Labute approximate surface area is 115 Å². The standard InChI is InChI=1S/C13H14ClN3S/c1-15-12-9-4-2-3-5-10(9)16-13(17-12)11-6-8(14)7-18-11/h6-7H,2-5H2,1H3,(H,15,16,17).